The predicted octanol–water partition coefficient (Wildman–Crippen LogP) is 3.00. The van der Waals surface area contributed by atoms with Gasteiger partial charge in [-0.1, -0.05) is 29.8 Å². The van der Waals surface area contributed by atoms with Crippen LogP contribution in [0.25, 0.3) is 0 Å². The summed E-state index contributed by atoms with van der Waals surface area (Å²) in [5.41, 5.74) is 0.692. The molecule has 0 aliphatic heterocycles. The summed E-state index contributed by atoms with van der Waals surface area (Å²) in [6, 6.07) is 11.0. The molecule has 6 nitrogen and oxygen atoms in total. The third kappa shape index (κ3) is 4.72. The van der Waals surface area contributed by atoms with Gasteiger partial charge in [-0.05, 0) is 31.2 Å². The number of para-hydroxylation sites is 1. The van der Waals surface area contributed by atoms with Crippen molar-refractivity contribution in [3.63, 3.8) is 0 Å². The summed E-state index contributed by atoms with van der Waals surface area (Å²) in [5, 5.41) is 0.118. The standard InChI is InChI=1S/C17H18ClNO5S/c1-3-24-16-7-5-4-6-12(16)11-19-25(21,22)13-8-9-15(18)14(10-13)17(20)23-2/h4-10,19H,3,11H2,1-2H3. The zero-order valence-corrected chi connectivity index (χ0v) is 15.4. The van der Waals surface area contributed by atoms with Crippen LogP contribution in [-0.2, 0) is 21.3 Å². The van der Waals surface area contributed by atoms with Gasteiger partial charge < -0.3 is 9.47 Å². The molecule has 0 atom stereocenters. The van der Waals surface area contributed by atoms with Crippen molar-refractivity contribution in [2.24, 2.45) is 0 Å². The molecule has 0 aliphatic carbocycles. The van der Waals surface area contributed by atoms with Gasteiger partial charge in [-0.15, -0.1) is 0 Å². The van der Waals surface area contributed by atoms with Crippen LogP contribution in [0.5, 0.6) is 5.75 Å². The van der Waals surface area contributed by atoms with Crippen molar-refractivity contribution in [3.8, 4) is 5.75 Å². The maximum atomic E-state index is 12.5. The van der Waals surface area contributed by atoms with Gasteiger partial charge in [-0.25, -0.2) is 17.9 Å². The third-order valence-electron chi connectivity index (χ3n) is 3.38. The average molecular weight is 384 g/mol. The second kappa shape index (κ2) is 8.33. The van der Waals surface area contributed by atoms with Crippen molar-refractivity contribution in [2.75, 3.05) is 13.7 Å². The van der Waals surface area contributed by atoms with Gasteiger partial charge in [0.15, 0.2) is 0 Å². The van der Waals surface area contributed by atoms with E-state index in [0.717, 1.165) is 0 Å². The predicted molar refractivity (Wildman–Crippen MR) is 94.4 cm³/mol. The molecule has 0 amide bonds. The van der Waals surface area contributed by atoms with Gasteiger partial charge in [0.1, 0.15) is 5.75 Å². The number of ether oxygens (including phenoxy) is 2. The number of carbonyl (C=O) groups excluding carboxylic acids is 1. The van der Waals surface area contributed by atoms with Gasteiger partial charge in [0.2, 0.25) is 10.0 Å². The fourth-order valence-electron chi connectivity index (χ4n) is 2.14. The van der Waals surface area contributed by atoms with Gasteiger partial charge in [0.25, 0.3) is 0 Å². The second-order valence-electron chi connectivity index (χ2n) is 5.00. The topological polar surface area (TPSA) is 81.7 Å². The first-order valence-electron chi connectivity index (χ1n) is 7.47. The lowest BCUT2D eigenvalue weighted by molar-refractivity contribution is 0.0600. The lowest BCUT2D eigenvalue weighted by Crippen LogP contribution is -2.24. The van der Waals surface area contributed by atoms with Crippen LogP contribution in [0.15, 0.2) is 47.4 Å². The summed E-state index contributed by atoms with van der Waals surface area (Å²) in [6.45, 7) is 2.38. The van der Waals surface area contributed by atoms with Crippen LogP contribution in [0.4, 0.5) is 0 Å². The van der Waals surface area contributed by atoms with Crippen LogP contribution < -0.4 is 9.46 Å². The van der Waals surface area contributed by atoms with E-state index in [1.807, 2.05) is 13.0 Å². The number of hydrogen-bond donors (Lipinski definition) is 1. The monoisotopic (exact) mass is 383 g/mol. The molecule has 0 aromatic heterocycles. The van der Waals surface area contributed by atoms with Gasteiger partial charge in [0.05, 0.1) is 29.2 Å². The highest BCUT2D eigenvalue weighted by molar-refractivity contribution is 7.89. The quantitative estimate of drug-likeness (QED) is 0.743. The summed E-state index contributed by atoms with van der Waals surface area (Å²) in [7, 11) is -2.65. The van der Waals surface area contributed by atoms with E-state index >= 15 is 0 Å². The van der Waals surface area contributed by atoms with Crippen molar-refractivity contribution in [1.82, 2.24) is 4.72 Å². The van der Waals surface area contributed by atoms with Gasteiger partial charge in [-0.3, -0.25) is 0 Å². The van der Waals surface area contributed by atoms with E-state index in [0.29, 0.717) is 17.9 Å². The second-order valence-corrected chi connectivity index (χ2v) is 7.17. The number of nitrogens with one attached hydrogen (secondary N) is 1. The Balaban J connectivity index is 2.24. The minimum absolute atomic E-state index is 0.0123. The molecule has 1 N–H and O–H groups in total. The molecule has 0 heterocycles. The Kier molecular flexibility index (Phi) is 6.41. The van der Waals surface area contributed by atoms with Crippen molar-refractivity contribution in [3.05, 3.63) is 58.6 Å². The highest BCUT2D eigenvalue weighted by Crippen LogP contribution is 2.22. The first kappa shape index (κ1) is 19.2. The van der Waals surface area contributed by atoms with E-state index < -0.39 is 16.0 Å². The van der Waals surface area contributed by atoms with Crippen LogP contribution in [0.3, 0.4) is 0 Å². The molecule has 0 radical (unpaired) electrons. The molecule has 0 saturated heterocycles. The number of esters is 1. The van der Waals surface area contributed by atoms with E-state index in [2.05, 4.69) is 9.46 Å². The molecule has 134 valence electrons. The van der Waals surface area contributed by atoms with Crippen LogP contribution in [0.2, 0.25) is 5.02 Å². The number of methoxy groups -OCH3 is 1. The molecular formula is C17H18ClNO5S. The molecule has 0 fully saturated rings. The Morgan fingerprint density at radius 2 is 1.92 bits per heavy atom. The third-order valence-corrected chi connectivity index (χ3v) is 5.11. The molecule has 0 aliphatic rings. The van der Waals surface area contributed by atoms with Crippen molar-refractivity contribution < 1.29 is 22.7 Å². The number of rotatable bonds is 7. The Labute approximate surface area is 151 Å². The molecule has 2 aromatic carbocycles. The molecular weight excluding hydrogens is 366 g/mol. The number of halogens is 1. The maximum Gasteiger partial charge on any atom is 0.339 e. The summed E-state index contributed by atoms with van der Waals surface area (Å²) in [4.78, 5) is 11.6. The molecule has 0 spiro atoms. The Hall–Kier alpha value is -2.09. The summed E-state index contributed by atoms with van der Waals surface area (Å²) in [6.07, 6.45) is 0. The lowest BCUT2D eigenvalue weighted by Gasteiger charge is -2.12. The fourth-order valence-corrected chi connectivity index (χ4v) is 3.37. The molecule has 0 bridgehead atoms. The Morgan fingerprint density at radius 3 is 2.60 bits per heavy atom. The Bertz CT molecular complexity index is 867. The number of hydrogen-bond acceptors (Lipinski definition) is 5. The number of sulfonamides is 1. The Morgan fingerprint density at radius 1 is 1.20 bits per heavy atom. The molecule has 0 unspecified atom stereocenters. The average Bonchev–Trinajstić information content (AvgIpc) is 2.61. The van der Waals surface area contributed by atoms with E-state index in [9.17, 15) is 13.2 Å². The summed E-state index contributed by atoms with van der Waals surface area (Å²) < 4.78 is 37.6. The minimum Gasteiger partial charge on any atom is -0.494 e. The van der Waals surface area contributed by atoms with E-state index in [1.165, 1.54) is 25.3 Å². The number of benzene rings is 2. The summed E-state index contributed by atoms with van der Waals surface area (Å²) >= 11 is 5.92. The lowest BCUT2D eigenvalue weighted by atomic mass is 10.2. The zero-order valence-electron chi connectivity index (χ0n) is 13.8. The molecule has 8 heteroatoms. The number of carbonyl (C=O) groups is 1. The van der Waals surface area contributed by atoms with Gasteiger partial charge in [0, 0.05) is 12.1 Å². The van der Waals surface area contributed by atoms with E-state index in [1.54, 1.807) is 18.2 Å². The van der Waals surface area contributed by atoms with Crippen molar-refractivity contribution >= 4 is 27.6 Å². The van der Waals surface area contributed by atoms with E-state index in [4.69, 9.17) is 16.3 Å². The van der Waals surface area contributed by atoms with Crippen LogP contribution in [0, 0.1) is 0 Å². The minimum atomic E-state index is -3.84. The van der Waals surface area contributed by atoms with Gasteiger partial charge in [-0.2, -0.15) is 0 Å². The maximum absolute atomic E-state index is 12.5. The first-order valence-corrected chi connectivity index (χ1v) is 9.33. The molecule has 2 aromatic rings. The highest BCUT2D eigenvalue weighted by atomic mass is 35.5. The fraction of sp³-hybridized carbons (Fsp3) is 0.235. The van der Waals surface area contributed by atoms with Crippen molar-refractivity contribution in [2.45, 2.75) is 18.4 Å². The van der Waals surface area contributed by atoms with Crippen LogP contribution in [-0.4, -0.2) is 28.1 Å². The van der Waals surface area contributed by atoms with Gasteiger partial charge >= 0.3 is 5.97 Å². The van der Waals surface area contributed by atoms with E-state index in [-0.39, 0.29) is 22.0 Å². The van der Waals surface area contributed by atoms with Crippen molar-refractivity contribution in [1.29, 1.82) is 0 Å². The summed E-state index contributed by atoms with van der Waals surface area (Å²) in [5.74, 6) is -0.0946. The normalized spacial score (nSPS) is 11.2. The SMILES string of the molecule is CCOc1ccccc1CNS(=O)(=O)c1ccc(Cl)c(C(=O)OC)c1. The zero-order chi connectivity index (χ0) is 18.4. The molecule has 25 heavy (non-hydrogen) atoms. The smallest absolute Gasteiger partial charge is 0.339 e. The van der Waals surface area contributed by atoms with Crippen LogP contribution in [0.1, 0.15) is 22.8 Å². The molecule has 0 saturated carbocycles. The highest BCUT2D eigenvalue weighted by Gasteiger charge is 2.19. The molecule has 2 rings (SSSR count). The van der Waals surface area contributed by atoms with Crippen LogP contribution >= 0.6 is 11.6 Å². The largest absolute Gasteiger partial charge is 0.494 e. The first-order chi connectivity index (χ1) is 11.9.